The van der Waals surface area contributed by atoms with Crippen molar-refractivity contribution in [3.05, 3.63) is 11.6 Å². The molecule has 1 atom stereocenters. The molecule has 2 rings (SSSR count). The van der Waals surface area contributed by atoms with E-state index >= 15 is 0 Å². The molecule has 0 aromatic heterocycles. The van der Waals surface area contributed by atoms with Crippen molar-refractivity contribution in [1.29, 1.82) is 0 Å². The van der Waals surface area contributed by atoms with Crippen LogP contribution in [0.4, 0.5) is 4.79 Å². The Labute approximate surface area is 141 Å². The zero-order valence-corrected chi connectivity index (χ0v) is 15.5. The SMILES string of the molecule is CC(C)(C)OC(=O)N1OCCC(C)(C)[C@H]1C=C1CCCCCC1. The Kier molecular flexibility index (Phi) is 5.77. The van der Waals surface area contributed by atoms with Crippen LogP contribution in [0.5, 0.6) is 0 Å². The highest BCUT2D eigenvalue weighted by atomic mass is 16.7. The van der Waals surface area contributed by atoms with Crippen molar-refractivity contribution < 1.29 is 14.4 Å². The molecule has 1 amide bonds. The molecule has 0 spiro atoms. The van der Waals surface area contributed by atoms with Crippen LogP contribution < -0.4 is 0 Å². The molecule has 1 saturated heterocycles. The van der Waals surface area contributed by atoms with Gasteiger partial charge in [0.1, 0.15) is 5.60 Å². The summed E-state index contributed by atoms with van der Waals surface area (Å²) in [5, 5.41) is 1.48. The van der Waals surface area contributed by atoms with E-state index in [9.17, 15) is 4.79 Å². The molecule has 1 saturated carbocycles. The highest BCUT2D eigenvalue weighted by Crippen LogP contribution is 2.37. The van der Waals surface area contributed by atoms with Crippen molar-refractivity contribution >= 4 is 6.09 Å². The first-order valence-corrected chi connectivity index (χ1v) is 9.04. The molecule has 2 aliphatic rings. The van der Waals surface area contributed by atoms with E-state index in [1.165, 1.54) is 36.3 Å². The number of amides is 1. The van der Waals surface area contributed by atoms with E-state index in [0.717, 1.165) is 19.3 Å². The van der Waals surface area contributed by atoms with Gasteiger partial charge in [-0.25, -0.2) is 4.79 Å². The van der Waals surface area contributed by atoms with Gasteiger partial charge < -0.3 is 4.74 Å². The summed E-state index contributed by atoms with van der Waals surface area (Å²) >= 11 is 0. The number of hydrogen-bond acceptors (Lipinski definition) is 3. The fourth-order valence-electron chi connectivity index (χ4n) is 3.29. The average Bonchev–Trinajstić information content (AvgIpc) is 2.67. The van der Waals surface area contributed by atoms with Crippen molar-refractivity contribution in [2.75, 3.05) is 6.61 Å². The molecule has 0 N–H and O–H groups in total. The fraction of sp³-hybridized carbons (Fsp3) is 0.842. The van der Waals surface area contributed by atoms with E-state index in [-0.39, 0.29) is 17.6 Å². The third-order valence-corrected chi connectivity index (χ3v) is 4.74. The summed E-state index contributed by atoms with van der Waals surface area (Å²) in [7, 11) is 0. The highest BCUT2D eigenvalue weighted by molar-refractivity contribution is 5.68. The van der Waals surface area contributed by atoms with Gasteiger partial charge in [-0.1, -0.05) is 38.3 Å². The summed E-state index contributed by atoms with van der Waals surface area (Å²) in [4.78, 5) is 18.3. The van der Waals surface area contributed by atoms with Crippen LogP contribution >= 0.6 is 0 Å². The van der Waals surface area contributed by atoms with Gasteiger partial charge in [-0.3, -0.25) is 4.84 Å². The average molecular weight is 323 g/mol. The van der Waals surface area contributed by atoms with Gasteiger partial charge in [0.2, 0.25) is 0 Å². The van der Waals surface area contributed by atoms with Crippen LogP contribution in [0.3, 0.4) is 0 Å². The van der Waals surface area contributed by atoms with Crippen molar-refractivity contribution in [2.45, 2.75) is 91.2 Å². The summed E-state index contributed by atoms with van der Waals surface area (Å²) in [6.07, 6.45) is 10.3. The number of nitrogens with zero attached hydrogens (tertiary/aromatic N) is 1. The van der Waals surface area contributed by atoms with E-state index in [2.05, 4.69) is 19.9 Å². The molecule has 4 heteroatoms. The summed E-state index contributed by atoms with van der Waals surface area (Å²) in [6.45, 7) is 10.7. The number of ether oxygens (including phenoxy) is 1. The summed E-state index contributed by atoms with van der Waals surface area (Å²) in [6, 6.07) is -0.0563. The number of carbonyl (C=O) groups excluding carboxylic acids is 1. The number of allylic oxidation sites excluding steroid dienone is 1. The van der Waals surface area contributed by atoms with Gasteiger partial charge in [0, 0.05) is 0 Å². The molecule has 0 radical (unpaired) electrons. The number of hydroxylamine groups is 2. The van der Waals surface area contributed by atoms with Crippen LogP contribution in [0, 0.1) is 5.41 Å². The predicted molar refractivity (Wildman–Crippen MR) is 92.0 cm³/mol. The molecule has 4 nitrogen and oxygen atoms in total. The lowest BCUT2D eigenvalue weighted by atomic mass is 9.79. The largest absolute Gasteiger partial charge is 0.442 e. The van der Waals surface area contributed by atoms with E-state index in [0.29, 0.717) is 6.61 Å². The molecule has 0 aromatic carbocycles. The van der Waals surface area contributed by atoms with Crippen LogP contribution in [-0.4, -0.2) is 29.4 Å². The number of rotatable bonds is 1. The lowest BCUT2D eigenvalue weighted by Gasteiger charge is -2.44. The molecule has 0 unspecified atom stereocenters. The minimum absolute atomic E-state index is 0.00550. The monoisotopic (exact) mass is 323 g/mol. The van der Waals surface area contributed by atoms with Gasteiger partial charge in [-0.2, -0.15) is 5.06 Å². The summed E-state index contributed by atoms with van der Waals surface area (Å²) in [5.74, 6) is 0. The lowest BCUT2D eigenvalue weighted by Crippen LogP contribution is -2.53. The number of carbonyl (C=O) groups is 1. The second-order valence-electron chi connectivity index (χ2n) is 8.56. The van der Waals surface area contributed by atoms with Crippen LogP contribution in [0.15, 0.2) is 11.6 Å². The van der Waals surface area contributed by atoms with E-state index in [4.69, 9.17) is 9.57 Å². The molecule has 1 aliphatic carbocycles. The van der Waals surface area contributed by atoms with Gasteiger partial charge in [-0.15, -0.1) is 0 Å². The topological polar surface area (TPSA) is 38.8 Å². The molecule has 132 valence electrons. The van der Waals surface area contributed by atoms with Gasteiger partial charge in [-0.05, 0) is 58.3 Å². The van der Waals surface area contributed by atoms with Crippen LogP contribution in [0.25, 0.3) is 0 Å². The van der Waals surface area contributed by atoms with Crippen LogP contribution in [0.2, 0.25) is 0 Å². The van der Waals surface area contributed by atoms with Crippen molar-refractivity contribution in [2.24, 2.45) is 5.41 Å². The second kappa shape index (κ2) is 7.25. The minimum atomic E-state index is -0.512. The first-order chi connectivity index (χ1) is 10.7. The fourth-order valence-corrected chi connectivity index (χ4v) is 3.29. The molecular formula is C19H33NO3. The van der Waals surface area contributed by atoms with Crippen LogP contribution in [-0.2, 0) is 9.57 Å². The quantitative estimate of drug-likeness (QED) is 0.489. The number of hydrogen-bond donors (Lipinski definition) is 0. The maximum absolute atomic E-state index is 12.6. The van der Waals surface area contributed by atoms with Gasteiger partial charge in [0.05, 0.1) is 12.6 Å². The summed E-state index contributed by atoms with van der Waals surface area (Å²) < 4.78 is 5.55. The zero-order valence-electron chi connectivity index (χ0n) is 15.5. The Morgan fingerprint density at radius 2 is 1.83 bits per heavy atom. The molecule has 1 heterocycles. The Bertz CT molecular complexity index is 438. The second-order valence-corrected chi connectivity index (χ2v) is 8.56. The first kappa shape index (κ1) is 18.3. The molecule has 2 fully saturated rings. The lowest BCUT2D eigenvalue weighted by molar-refractivity contribution is -0.213. The van der Waals surface area contributed by atoms with Crippen molar-refractivity contribution in [3.63, 3.8) is 0 Å². The zero-order chi connectivity index (χ0) is 17.1. The van der Waals surface area contributed by atoms with E-state index in [1.807, 2.05) is 20.8 Å². The maximum Gasteiger partial charge on any atom is 0.435 e. The Morgan fingerprint density at radius 3 is 2.39 bits per heavy atom. The van der Waals surface area contributed by atoms with Gasteiger partial charge in [0.15, 0.2) is 0 Å². The highest BCUT2D eigenvalue weighted by Gasteiger charge is 2.41. The van der Waals surface area contributed by atoms with Crippen molar-refractivity contribution in [1.82, 2.24) is 5.06 Å². The third-order valence-electron chi connectivity index (χ3n) is 4.74. The Hall–Kier alpha value is -1.03. The summed E-state index contributed by atoms with van der Waals surface area (Å²) in [5.41, 5.74) is 0.955. The molecular weight excluding hydrogens is 290 g/mol. The molecule has 0 bridgehead atoms. The molecule has 23 heavy (non-hydrogen) atoms. The normalized spacial score (nSPS) is 25.7. The third kappa shape index (κ3) is 5.23. The maximum atomic E-state index is 12.6. The minimum Gasteiger partial charge on any atom is -0.442 e. The van der Waals surface area contributed by atoms with Gasteiger partial charge in [0.25, 0.3) is 0 Å². The van der Waals surface area contributed by atoms with Crippen LogP contribution in [0.1, 0.15) is 79.6 Å². The Balaban J connectivity index is 2.21. The molecule has 1 aliphatic heterocycles. The van der Waals surface area contributed by atoms with E-state index < -0.39 is 5.60 Å². The predicted octanol–water partition coefficient (Wildman–Crippen LogP) is 5.23. The molecule has 0 aromatic rings. The van der Waals surface area contributed by atoms with E-state index in [1.54, 1.807) is 0 Å². The Morgan fingerprint density at radius 1 is 1.22 bits per heavy atom. The first-order valence-electron chi connectivity index (χ1n) is 9.04. The standard InChI is InChI=1S/C19H33NO3/c1-18(2,3)23-17(21)20-16(19(4,5)12-13-22-20)14-15-10-8-6-7-9-11-15/h14,16H,6-13H2,1-5H3/t16-/m1/s1. The smallest absolute Gasteiger partial charge is 0.435 e. The van der Waals surface area contributed by atoms with Gasteiger partial charge >= 0.3 is 6.09 Å². The van der Waals surface area contributed by atoms with Crippen molar-refractivity contribution in [3.8, 4) is 0 Å².